The Morgan fingerprint density at radius 2 is 1.87 bits per heavy atom. The summed E-state index contributed by atoms with van der Waals surface area (Å²) >= 11 is 0. The number of anilines is 1. The molecule has 0 spiro atoms. The van der Waals surface area contributed by atoms with Crippen molar-refractivity contribution in [1.29, 1.82) is 0 Å². The van der Waals surface area contributed by atoms with Crippen molar-refractivity contribution in [1.82, 2.24) is 14.9 Å². The van der Waals surface area contributed by atoms with Gasteiger partial charge in [0.05, 0.1) is 12.8 Å². The summed E-state index contributed by atoms with van der Waals surface area (Å²) in [5.41, 5.74) is 0.499. The first kappa shape index (κ1) is 21.4. The highest BCUT2D eigenvalue weighted by Gasteiger charge is 2.27. The highest BCUT2D eigenvalue weighted by molar-refractivity contribution is 5.94. The Labute approximate surface area is 173 Å². The van der Waals surface area contributed by atoms with Crippen molar-refractivity contribution in [2.24, 2.45) is 5.92 Å². The van der Waals surface area contributed by atoms with Crippen LogP contribution in [-0.4, -0.2) is 46.9 Å². The number of ether oxygens (including phenoxy) is 1. The van der Waals surface area contributed by atoms with Crippen molar-refractivity contribution in [3.05, 3.63) is 56.4 Å². The van der Waals surface area contributed by atoms with Gasteiger partial charge >= 0.3 is 5.69 Å². The monoisotopic (exact) mass is 414 g/mol. The first-order valence-electron chi connectivity index (χ1n) is 9.92. The topological polar surface area (TPSA) is 124 Å². The van der Waals surface area contributed by atoms with Gasteiger partial charge in [0, 0.05) is 36.7 Å². The normalized spacial score (nSPS) is 14.4. The second-order valence-corrected chi connectivity index (χ2v) is 7.36. The Balaban J connectivity index is 1.51. The number of carbonyl (C=O) groups excluding carboxylic acids is 2. The molecular formula is C21H26N4O5. The molecule has 1 aromatic heterocycles. The molecule has 1 aliphatic rings. The minimum absolute atomic E-state index is 0.0661. The van der Waals surface area contributed by atoms with Gasteiger partial charge in [0.1, 0.15) is 5.75 Å². The molecule has 1 aliphatic heterocycles. The van der Waals surface area contributed by atoms with E-state index in [2.05, 4.69) is 15.3 Å². The molecule has 0 unspecified atom stereocenters. The summed E-state index contributed by atoms with van der Waals surface area (Å²) in [4.78, 5) is 54.7. The average molecular weight is 414 g/mol. The third-order valence-corrected chi connectivity index (χ3v) is 5.43. The highest BCUT2D eigenvalue weighted by Crippen LogP contribution is 2.26. The number of rotatable bonds is 6. The lowest BCUT2D eigenvalue weighted by Gasteiger charge is -2.31. The molecule has 0 radical (unpaired) electrons. The van der Waals surface area contributed by atoms with Gasteiger partial charge in [-0.05, 0) is 38.3 Å². The number of nitrogens with one attached hydrogen (secondary N) is 3. The minimum Gasteiger partial charge on any atom is -0.495 e. The number of aromatic amines is 2. The highest BCUT2D eigenvalue weighted by atomic mass is 16.5. The van der Waals surface area contributed by atoms with Gasteiger partial charge in [-0.25, -0.2) is 4.79 Å². The standard InChI is InChI=1S/C21H26N4O5/c1-13-15(20(28)24-21(29)22-13)7-8-18(26)25-11-9-14(10-12-25)19(27)23-16-5-3-4-6-17(16)30-2/h3-6,14H,7-12H2,1-2H3,(H,23,27)(H2,22,24,28,29). The van der Waals surface area contributed by atoms with Crippen molar-refractivity contribution >= 4 is 17.5 Å². The maximum Gasteiger partial charge on any atom is 0.325 e. The van der Waals surface area contributed by atoms with Gasteiger partial charge in [0.15, 0.2) is 0 Å². The summed E-state index contributed by atoms with van der Waals surface area (Å²) in [7, 11) is 1.55. The van der Waals surface area contributed by atoms with Crippen LogP contribution in [-0.2, 0) is 16.0 Å². The van der Waals surface area contributed by atoms with Gasteiger partial charge in [-0.1, -0.05) is 12.1 Å². The summed E-state index contributed by atoms with van der Waals surface area (Å²) < 4.78 is 5.26. The van der Waals surface area contributed by atoms with Crippen molar-refractivity contribution in [2.75, 3.05) is 25.5 Å². The molecule has 1 saturated heterocycles. The molecule has 2 aromatic rings. The van der Waals surface area contributed by atoms with Gasteiger partial charge in [0.25, 0.3) is 5.56 Å². The van der Waals surface area contributed by atoms with E-state index in [0.29, 0.717) is 48.6 Å². The Morgan fingerprint density at radius 3 is 2.53 bits per heavy atom. The molecule has 9 heteroatoms. The third-order valence-electron chi connectivity index (χ3n) is 5.43. The number of hydrogen-bond acceptors (Lipinski definition) is 5. The minimum atomic E-state index is -0.555. The predicted octanol–water partition coefficient (Wildman–Crippen LogP) is 1.19. The number of amides is 2. The Morgan fingerprint density at radius 1 is 1.17 bits per heavy atom. The molecule has 0 bridgehead atoms. The average Bonchev–Trinajstić information content (AvgIpc) is 2.73. The predicted molar refractivity (Wildman–Crippen MR) is 112 cm³/mol. The van der Waals surface area contributed by atoms with Crippen LogP contribution in [0.2, 0.25) is 0 Å². The van der Waals surface area contributed by atoms with Crippen molar-refractivity contribution in [3.8, 4) is 5.75 Å². The molecule has 0 saturated carbocycles. The van der Waals surface area contributed by atoms with Gasteiger partial charge in [0.2, 0.25) is 11.8 Å². The number of nitrogens with zero attached hydrogens (tertiary/aromatic N) is 1. The van der Waals surface area contributed by atoms with Crippen LogP contribution in [0, 0.1) is 12.8 Å². The van der Waals surface area contributed by atoms with Crippen LogP contribution >= 0.6 is 0 Å². The molecule has 2 heterocycles. The van der Waals surface area contributed by atoms with Crippen molar-refractivity contribution in [2.45, 2.75) is 32.6 Å². The second-order valence-electron chi connectivity index (χ2n) is 7.36. The summed E-state index contributed by atoms with van der Waals surface area (Å²) in [6.07, 6.45) is 1.58. The Kier molecular flexibility index (Phi) is 6.71. The van der Waals surface area contributed by atoms with Crippen LogP contribution in [0.15, 0.2) is 33.9 Å². The van der Waals surface area contributed by atoms with Crippen LogP contribution < -0.4 is 21.3 Å². The molecule has 1 fully saturated rings. The molecule has 3 rings (SSSR count). The molecule has 30 heavy (non-hydrogen) atoms. The van der Waals surface area contributed by atoms with Crippen LogP contribution in [0.5, 0.6) is 5.75 Å². The van der Waals surface area contributed by atoms with Crippen LogP contribution in [0.4, 0.5) is 5.69 Å². The zero-order valence-electron chi connectivity index (χ0n) is 17.1. The van der Waals surface area contributed by atoms with Crippen molar-refractivity contribution < 1.29 is 14.3 Å². The zero-order chi connectivity index (χ0) is 21.7. The lowest BCUT2D eigenvalue weighted by molar-refractivity contribution is -0.134. The van der Waals surface area contributed by atoms with E-state index >= 15 is 0 Å². The van der Waals surface area contributed by atoms with E-state index in [1.807, 2.05) is 12.1 Å². The largest absolute Gasteiger partial charge is 0.495 e. The SMILES string of the molecule is COc1ccccc1NC(=O)C1CCN(C(=O)CCc2c(C)[nH]c(=O)[nH]c2=O)CC1. The van der Waals surface area contributed by atoms with Gasteiger partial charge in [-0.2, -0.15) is 0 Å². The number of methoxy groups -OCH3 is 1. The smallest absolute Gasteiger partial charge is 0.325 e. The maximum atomic E-state index is 12.6. The van der Waals surface area contributed by atoms with Crippen LogP contribution in [0.3, 0.4) is 0 Å². The molecule has 9 nitrogen and oxygen atoms in total. The Hall–Kier alpha value is -3.36. The van der Waals surface area contributed by atoms with E-state index < -0.39 is 11.2 Å². The maximum absolute atomic E-state index is 12.6. The number of likely N-dealkylation sites (tertiary alicyclic amines) is 1. The van der Waals surface area contributed by atoms with Gasteiger partial charge in [-0.15, -0.1) is 0 Å². The first-order valence-corrected chi connectivity index (χ1v) is 9.92. The Bertz CT molecular complexity index is 1030. The zero-order valence-corrected chi connectivity index (χ0v) is 17.1. The number of hydrogen-bond donors (Lipinski definition) is 3. The first-order chi connectivity index (χ1) is 14.4. The summed E-state index contributed by atoms with van der Waals surface area (Å²) in [5, 5.41) is 2.90. The van der Waals surface area contributed by atoms with E-state index in [0.717, 1.165) is 0 Å². The number of carbonyl (C=O) groups is 2. The fraction of sp³-hybridized carbons (Fsp3) is 0.429. The third kappa shape index (κ3) is 4.97. The fourth-order valence-electron chi connectivity index (χ4n) is 3.69. The number of H-pyrrole nitrogens is 2. The number of aryl methyl sites for hydroxylation is 1. The quantitative estimate of drug-likeness (QED) is 0.655. The summed E-state index contributed by atoms with van der Waals surface area (Å²) in [5.74, 6) is 0.278. The number of piperidine rings is 1. The van der Waals surface area contributed by atoms with E-state index in [1.165, 1.54) is 0 Å². The van der Waals surface area contributed by atoms with E-state index in [4.69, 9.17) is 4.74 Å². The summed E-state index contributed by atoms with van der Waals surface area (Å²) in [6.45, 7) is 2.62. The van der Waals surface area contributed by atoms with Crippen molar-refractivity contribution in [3.63, 3.8) is 0 Å². The molecule has 3 N–H and O–H groups in total. The molecule has 160 valence electrons. The summed E-state index contributed by atoms with van der Waals surface area (Å²) in [6, 6.07) is 7.23. The van der Waals surface area contributed by atoms with Gasteiger partial charge in [-0.3, -0.25) is 19.4 Å². The van der Waals surface area contributed by atoms with Crippen LogP contribution in [0.1, 0.15) is 30.5 Å². The number of benzene rings is 1. The lowest BCUT2D eigenvalue weighted by Crippen LogP contribution is -2.41. The number of aromatic nitrogens is 2. The number of para-hydroxylation sites is 2. The van der Waals surface area contributed by atoms with E-state index in [1.54, 1.807) is 31.1 Å². The van der Waals surface area contributed by atoms with Crippen LogP contribution in [0.25, 0.3) is 0 Å². The van der Waals surface area contributed by atoms with E-state index in [-0.39, 0.29) is 30.6 Å². The second kappa shape index (κ2) is 9.43. The molecule has 1 aromatic carbocycles. The molecule has 0 atom stereocenters. The fourth-order valence-corrected chi connectivity index (χ4v) is 3.69. The molecule has 0 aliphatic carbocycles. The lowest BCUT2D eigenvalue weighted by atomic mass is 9.95. The van der Waals surface area contributed by atoms with Gasteiger partial charge < -0.3 is 19.9 Å². The van der Waals surface area contributed by atoms with E-state index in [9.17, 15) is 19.2 Å². The molecular weight excluding hydrogens is 388 g/mol. The molecule has 2 amide bonds.